The molecule has 2 aromatic carbocycles. The molecule has 2 rings (SSSR count). The van der Waals surface area contributed by atoms with E-state index in [-0.39, 0.29) is 11.3 Å². The highest BCUT2D eigenvalue weighted by Crippen LogP contribution is 2.29. The molecule has 0 bridgehead atoms. The van der Waals surface area contributed by atoms with Crippen molar-refractivity contribution in [1.82, 2.24) is 0 Å². The molecule has 0 radical (unpaired) electrons. The molecule has 0 saturated heterocycles. The Balaban J connectivity index is 1.97. The van der Waals surface area contributed by atoms with E-state index in [1.807, 2.05) is 18.2 Å². The second kappa shape index (κ2) is 7.17. The van der Waals surface area contributed by atoms with Gasteiger partial charge in [0.05, 0.1) is 10.7 Å². The Kier molecular flexibility index (Phi) is 5.49. The van der Waals surface area contributed by atoms with Gasteiger partial charge in [-0.2, -0.15) is 0 Å². The fourth-order valence-electron chi connectivity index (χ4n) is 2.27. The number of benzene rings is 2. The molecule has 0 atom stereocenters. The molecule has 2 aromatic rings. The Labute approximate surface area is 141 Å². The highest BCUT2D eigenvalue weighted by molar-refractivity contribution is 6.35. The first kappa shape index (κ1) is 16.9. The summed E-state index contributed by atoms with van der Waals surface area (Å²) in [6.07, 6.45) is 1.17. The maximum absolute atomic E-state index is 12.1. The number of halogens is 2. The van der Waals surface area contributed by atoms with Gasteiger partial charge < -0.3 is 5.32 Å². The van der Waals surface area contributed by atoms with Crippen LogP contribution in [0.1, 0.15) is 32.3 Å². The lowest BCUT2D eigenvalue weighted by molar-refractivity contribution is -0.116. The lowest BCUT2D eigenvalue weighted by atomic mass is 9.80. The van der Waals surface area contributed by atoms with E-state index in [1.165, 1.54) is 5.56 Å². The summed E-state index contributed by atoms with van der Waals surface area (Å²) in [5.41, 5.74) is 1.72. The van der Waals surface area contributed by atoms with Gasteiger partial charge in [0.25, 0.3) is 0 Å². The molecular formula is C18H19Cl2NO. The van der Waals surface area contributed by atoms with Crippen LogP contribution in [0.5, 0.6) is 0 Å². The van der Waals surface area contributed by atoms with Crippen LogP contribution in [0.3, 0.4) is 0 Å². The van der Waals surface area contributed by atoms with Gasteiger partial charge in [-0.3, -0.25) is 4.79 Å². The monoisotopic (exact) mass is 335 g/mol. The van der Waals surface area contributed by atoms with Gasteiger partial charge in [-0.15, -0.1) is 0 Å². The molecule has 4 heteroatoms. The van der Waals surface area contributed by atoms with Crippen LogP contribution in [0.4, 0.5) is 5.69 Å². The molecule has 0 fully saturated rings. The van der Waals surface area contributed by atoms with Crippen LogP contribution in [-0.4, -0.2) is 5.91 Å². The van der Waals surface area contributed by atoms with Crippen molar-refractivity contribution in [1.29, 1.82) is 0 Å². The lowest BCUT2D eigenvalue weighted by Gasteiger charge is -2.25. The maximum atomic E-state index is 12.1. The van der Waals surface area contributed by atoms with Crippen molar-refractivity contribution < 1.29 is 4.79 Å². The minimum atomic E-state index is -0.0619. The molecule has 0 unspecified atom stereocenters. The molecular weight excluding hydrogens is 317 g/mol. The highest BCUT2D eigenvalue weighted by Gasteiger charge is 2.21. The molecule has 0 saturated carbocycles. The standard InChI is InChI=1S/C18H19Cl2NO/c1-18(2,13-6-4-3-5-7-13)11-10-17(22)21-16-12-14(19)8-9-15(16)20/h3-9,12H,10-11H2,1-2H3,(H,21,22). The maximum Gasteiger partial charge on any atom is 0.224 e. The van der Waals surface area contributed by atoms with Crippen LogP contribution in [0.25, 0.3) is 0 Å². The number of carbonyl (C=O) groups is 1. The zero-order valence-electron chi connectivity index (χ0n) is 12.7. The van der Waals surface area contributed by atoms with Crippen molar-refractivity contribution in [2.75, 3.05) is 5.32 Å². The first-order valence-corrected chi connectivity index (χ1v) is 7.94. The van der Waals surface area contributed by atoms with Crippen molar-refractivity contribution in [3.05, 3.63) is 64.1 Å². The van der Waals surface area contributed by atoms with E-state index in [1.54, 1.807) is 18.2 Å². The van der Waals surface area contributed by atoms with E-state index in [9.17, 15) is 4.79 Å². The molecule has 0 spiro atoms. The van der Waals surface area contributed by atoms with Gasteiger partial charge in [0.1, 0.15) is 0 Å². The van der Waals surface area contributed by atoms with E-state index >= 15 is 0 Å². The van der Waals surface area contributed by atoms with Crippen molar-refractivity contribution in [2.24, 2.45) is 0 Å². The average molecular weight is 336 g/mol. The van der Waals surface area contributed by atoms with Crippen LogP contribution >= 0.6 is 23.2 Å². The molecule has 0 aliphatic carbocycles. The summed E-state index contributed by atoms with van der Waals surface area (Å²) in [5.74, 6) is -0.0619. The number of amides is 1. The normalized spacial score (nSPS) is 11.3. The van der Waals surface area contributed by atoms with Crippen molar-refractivity contribution in [3.8, 4) is 0 Å². The number of carbonyl (C=O) groups excluding carboxylic acids is 1. The Bertz CT molecular complexity index is 653. The molecule has 0 aliphatic rings. The fourth-order valence-corrected chi connectivity index (χ4v) is 2.60. The Hall–Kier alpha value is -1.51. The van der Waals surface area contributed by atoms with Gasteiger partial charge in [-0.05, 0) is 35.6 Å². The summed E-state index contributed by atoms with van der Waals surface area (Å²) in [6, 6.07) is 15.2. The molecule has 0 aromatic heterocycles. The summed E-state index contributed by atoms with van der Waals surface area (Å²) in [5, 5.41) is 3.85. The molecule has 0 heterocycles. The topological polar surface area (TPSA) is 29.1 Å². The Morgan fingerprint density at radius 3 is 2.45 bits per heavy atom. The van der Waals surface area contributed by atoms with E-state index in [0.29, 0.717) is 22.2 Å². The number of anilines is 1. The predicted octanol–water partition coefficient (Wildman–Crippen LogP) is 5.69. The molecule has 2 nitrogen and oxygen atoms in total. The van der Waals surface area contributed by atoms with Crippen LogP contribution in [0, 0.1) is 0 Å². The summed E-state index contributed by atoms with van der Waals surface area (Å²) in [4.78, 5) is 12.1. The van der Waals surface area contributed by atoms with Crippen molar-refractivity contribution in [2.45, 2.75) is 32.1 Å². The molecule has 116 valence electrons. The highest BCUT2D eigenvalue weighted by atomic mass is 35.5. The Morgan fingerprint density at radius 2 is 1.77 bits per heavy atom. The van der Waals surface area contributed by atoms with E-state index in [0.717, 1.165) is 6.42 Å². The zero-order valence-corrected chi connectivity index (χ0v) is 14.2. The lowest BCUT2D eigenvalue weighted by Crippen LogP contribution is -2.21. The first-order valence-electron chi connectivity index (χ1n) is 7.19. The van der Waals surface area contributed by atoms with Crippen LogP contribution in [0.15, 0.2) is 48.5 Å². The van der Waals surface area contributed by atoms with Crippen LogP contribution < -0.4 is 5.32 Å². The third-order valence-electron chi connectivity index (χ3n) is 3.73. The minimum Gasteiger partial charge on any atom is -0.325 e. The van der Waals surface area contributed by atoms with Gasteiger partial charge in [0, 0.05) is 11.4 Å². The average Bonchev–Trinajstić information content (AvgIpc) is 2.50. The van der Waals surface area contributed by atoms with Crippen molar-refractivity contribution >= 4 is 34.8 Å². The van der Waals surface area contributed by atoms with Gasteiger partial charge >= 0.3 is 0 Å². The van der Waals surface area contributed by atoms with Gasteiger partial charge in [-0.25, -0.2) is 0 Å². The van der Waals surface area contributed by atoms with E-state index in [2.05, 4.69) is 31.3 Å². The van der Waals surface area contributed by atoms with Crippen molar-refractivity contribution in [3.63, 3.8) is 0 Å². The SMILES string of the molecule is CC(C)(CCC(=O)Nc1cc(Cl)ccc1Cl)c1ccccc1. The largest absolute Gasteiger partial charge is 0.325 e. The predicted molar refractivity (Wildman–Crippen MR) is 93.8 cm³/mol. The number of rotatable bonds is 5. The Morgan fingerprint density at radius 1 is 1.09 bits per heavy atom. The van der Waals surface area contributed by atoms with E-state index < -0.39 is 0 Å². The third kappa shape index (κ3) is 4.49. The number of nitrogens with one attached hydrogen (secondary N) is 1. The second-order valence-electron chi connectivity index (χ2n) is 5.92. The van der Waals surface area contributed by atoms with Crippen LogP contribution in [-0.2, 0) is 10.2 Å². The van der Waals surface area contributed by atoms with Crippen LogP contribution in [0.2, 0.25) is 10.0 Å². The van der Waals surface area contributed by atoms with E-state index in [4.69, 9.17) is 23.2 Å². The second-order valence-corrected chi connectivity index (χ2v) is 6.77. The first-order chi connectivity index (χ1) is 10.4. The molecule has 22 heavy (non-hydrogen) atoms. The van der Waals surface area contributed by atoms with Gasteiger partial charge in [0.15, 0.2) is 0 Å². The molecule has 1 amide bonds. The smallest absolute Gasteiger partial charge is 0.224 e. The number of hydrogen-bond acceptors (Lipinski definition) is 1. The fraction of sp³-hybridized carbons (Fsp3) is 0.278. The number of hydrogen-bond donors (Lipinski definition) is 1. The zero-order chi connectivity index (χ0) is 16.2. The molecule has 1 N–H and O–H groups in total. The third-order valence-corrected chi connectivity index (χ3v) is 4.30. The van der Waals surface area contributed by atoms with Gasteiger partial charge in [0.2, 0.25) is 5.91 Å². The molecule has 0 aliphatic heterocycles. The van der Waals surface area contributed by atoms with Gasteiger partial charge in [-0.1, -0.05) is 67.4 Å². The minimum absolute atomic E-state index is 0.0588. The summed E-state index contributed by atoms with van der Waals surface area (Å²) in [7, 11) is 0. The summed E-state index contributed by atoms with van der Waals surface area (Å²) >= 11 is 12.0. The quantitative estimate of drug-likeness (QED) is 0.747. The summed E-state index contributed by atoms with van der Waals surface area (Å²) < 4.78 is 0. The summed E-state index contributed by atoms with van der Waals surface area (Å²) in [6.45, 7) is 4.28.